The average molecular weight is 329 g/mol. The van der Waals surface area contributed by atoms with Gasteiger partial charge in [0.05, 0.1) is 6.04 Å². The van der Waals surface area contributed by atoms with Crippen molar-refractivity contribution in [1.82, 2.24) is 10.2 Å². The number of likely N-dealkylation sites (tertiary alicyclic amines) is 1. The molecule has 5 heteroatoms. The van der Waals surface area contributed by atoms with Gasteiger partial charge in [-0.2, -0.15) is 0 Å². The summed E-state index contributed by atoms with van der Waals surface area (Å²) in [7, 11) is 0. The molecule has 2 atom stereocenters. The number of nitrogens with zero attached hydrogens (tertiary/aromatic N) is 1. The normalized spacial score (nSPS) is 24.6. The number of hydrogen-bond acceptors (Lipinski definition) is 3. The molecule has 1 aromatic rings. The van der Waals surface area contributed by atoms with Crippen LogP contribution in [-0.2, 0) is 16.0 Å². The summed E-state index contributed by atoms with van der Waals surface area (Å²) in [5.74, 6) is 0.211. The third-order valence-electron chi connectivity index (χ3n) is 5.00. The number of para-hydroxylation sites is 1. The zero-order valence-electron chi connectivity index (χ0n) is 14.4. The Hall–Kier alpha value is -1.88. The van der Waals surface area contributed by atoms with Crippen molar-refractivity contribution < 1.29 is 9.59 Å². The maximum Gasteiger partial charge on any atom is 0.241 e. The molecule has 0 radical (unpaired) electrons. The van der Waals surface area contributed by atoms with Gasteiger partial charge in [-0.15, -0.1) is 0 Å². The van der Waals surface area contributed by atoms with Crippen molar-refractivity contribution in [3.63, 3.8) is 0 Å². The highest BCUT2D eigenvalue weighted by atomic mass is 16.2. The number of carbonyl (C=O) groups is 2. The van der Waals surface area contributed by atoms with Gasteiger partial charge in [0, 0.05) is 24.7 Å². The first-order valence-corrected chi connectivity index (χ1v) is 9.09. The van der Waals surface area contributed by atoms with Crippen LogP contribution in [0.4, 0.5) is 5.69 Å². The second kappa shape index (κ2) is 7.79. The summed E-state index contributed by atoms with van der Waals surface area (Å²) in [5.41, 5.74) is 2.15. The SMILES string of the molecule is CCCC(=O)N[C@H]1CCCN([C@H]2CCc3ccccc3NC2=O)C1. The fraction of sp³-hybridized carbons (Fsp3) is 0.579. The molecule has 1 aromatic carbocycles. The van der Waals surface area contributed by atoms with E-state index in [1.807, 2.05) is 25.1 Å². The Bertz CT molecular complexity index is 602. The molecule has 2 aliphatic heterocycles. The molecule has 0 bridgehead atoms. The Balaban J connectivity index is 1.63. The number of piperidine rings is 1. The summed E-state index contributed by atoms with van der Waals surface area (Å²) < 4.78 is 0. The first-order valence-electron chi connectivity index (χ1n) is 9.09. The van der Waals surface area contributed by atoms with Crippen molar-refractivity contribution in [2.24, 2.45) is 0 Å². The molecule has 2 N–H and O–H groups in total. The number of carbonyl (C=O) groups excluding carboxylic acids is 2. The highest BCUT2D eigenvalue weighted by Crippen LogP contribution is 2.25. The Labute approximate surface area is 143 Å². The van der Waals surface area contributed by atoms with Crippen LogP contribution in [0.25, 0.3) is 0 Å². The smallest absolute Gasteiger partial charge is 0.241 e. The Morgan fingerprint density at radius 1 is 1.33 bits per heavy atom. The topological polar surface area (TPSA) is 61.4 Å². The van der Waals surface area contributed by atoms with Gasteiger partial charge in [-0.25, -0.2) is 0 Å². The molecule has 3 rings (SSSR count). The number of anilines is 1. The highest BCUT2D eigenvalue weighted by Gasteiger charge is 2.32. The van der Waals surface area contributed by atoms with Crippen LogP contribution in [0.5, 0.6) is 0 Å². The minimum atomic E-state index is -0.108. The van der Waals surface area contributed by atoms with Crippen LogP contribution in [0.1, 0.15) is 44.6 Å². The minimum Gasteiger partial charge on any atom is -0.352 e. The van der Waals surface area contributed by atoms with Gasteiger partial charge in [-0.3, -0.25) is 14.5 Å². The third kappa shape index (κ3) is 3.96. The van der Waals surface area contributed by atoms with Gasteiger partial charge in [-0.1, -0.05) is 25.1 Å². The van der Waals surface area contributed by atoms with E-state index in [0.29, 0.717) is 6.42 Å². The number of nitrogens with one attached hydrogen (secondary N) is 2. The molecule has 2 aliphatic rings. The van der Waals surface area contributed by atoms with Crippen molar-refractivity contribution in [1.29, 1.82) is 0 Å². The monoisotopic (exact) mass is 329 g/mol. The second-order valence-corrected chi connectivity index (χ2v) is 6.85. The van der Waals surface area contributed by atoms with Crippen LogP contribution < -0.4 is 10.6 Å². The molecule has 130 valence electrons. The van der Waals surface area contributed by atoms with Crippen LogP contribution in [0, 0.1) is 0 Å². The van der Waals surface area contributed by atoms with E-state index in [1.54, 1.807) is 0 Å². The van der Waals surface area contributed by atoms with E-state index in [0.717, 1.165) is 50.9 Å². The Morgan fingerprint density at radius 3 is 3.00 bits per heavy atom. The lowest BCUT2D eigenvalue weighted by Crippen LogP contribution is -2.53. The standard InChI is InChI=1S/C19H27N3O2/c1-2-6-18(23)20-15-8-5-12-22(13-15)17-11-10-14-7-3-4-9-16(14)21-19(17)24/h3-4,7,9,15,17H,2,5-6,8,10-13H2,1H3,(H,20,23)(H,21,24)/t15-,17-/m0/s1. The van der Waals surface area contributed by atoms with Crippen molar-refractivity contribution in [2.75, 3.05) is 18.4 Å². The minimum absolute atomic E-state index is 0.0838. The fourth-order valence-electron chi connectivity index (χ4n) is 3.78. The summed E-state index contributed by atoms with van der Waals surface area (Å²) in [6, 6.07) is 8.09. The third-order valence-corrected chi connectivity index (χ3v) is 5.00. The van der Waals surface area contributed by atoms with Gasteiger partial charge in [0.25, 0.3) is 0 Å². The molecule has 0 aliphatic carbocycles. The molecule has 0 aromatic heterocycles. The van der Waals surface area contributed by atoms with Gasteiger partial charge < -0.3 is 10.6 Å². The zero-order valence-corrected chi connectivity index (χ0v) is 14.4. The number of fused-ring (bicyclic) bond motifs is 1. The maximum atomic E-state index is 12.7. The summed E-state index contributed by atoms with van der Waals surface area (Å²) in [5, 5.41) is 6.20. The zero-order chi connectivity index (χ0) is 16.9. The molecule has 1 saturated heterocycles. The molecular weight excluding hydrogens is 302 g/mol. The van der Waals surface area contributed by atoms with Gasteiger partial charge >= 0.3 is 0 Å². The molecule has 5 nitrogen and oxygen atoms in total. The number of hydrogen-bond donors (Lipinski definition) is 2. The number of amides is 2. The fourth-order valence-corrected chi connectivity index (χ4v) is 3.78. The van der Waals surface area contributed by atoms with Gasteiger partial charge in [0.1, 0.15) is 0 Å². The van der Waals surface area contributed by atoms with E-state index in [1.165, 1.54) is 5.56 Å². The molecule has 2 heterocycles. The lowest BCUT2D eigenvalue weighted by molar-refractivity contribution is -0.123. The van der Waals surface area contributed by atoms with E-state index < -0.39 is 0 Å². The summed E-state index contributed by atoms with van der Waals surface area (Å²) in [6.45, 7) is 3.71. The van der Waals surface area contributed by atoms with Crippen LogP contribution in [0.15, 0.2) is 24.3 Å². The molecule has 0 spiro atoms. The van der Waals surface area contributed by atoms with Gasteiger partial charge in [0.15, 0.2) is 0 Å². The van der Waals surface area contributed by atoms with Crippen molar-refractivity contribution in [2.45, 2.75) is 57.5 Å². The van der Waals surface area contributed by atoms with E-state index in [-0.39, 0.29) is 23.9 Å². The lowest BCUT2D eigenvalue weighted by atomic mass is 10.00. The van der Waals surface area contributed by atoms with Crippen molar-refractivity contribution in [3.8, 4) is 0 Å². The van der Waals surface area contributed by atoms with Crippen molar-refractivity contribution >= 4 is 17.5 Å². The molecule has 0 unspecified atom stereocenters. The molecule has 24 heavy (non-hydrogen) atoms. The second-order valence-electron chi connectivity index (χ2n) is 6.85. The van der Waals surface area contributed by atoms with E-state index in [2.05, 4.69) is 21.6 Å². The molecule has 1 fully saturated rings. The predicted octanol–water partition coefficient (Wildman–Crippen LogP) is 2.32. The van der Waals surface area contributed by atoms with Gasteiger partial charge in [-0.05, 0) is 50.3 Å². The van der Waals surface area contributed by atoms with Crippen LogP contribution in [-0.4, -0.2) is 41.9 Å². The largest absolute Gasteiger partial charge is 0.352 e. The number of benzene rings is 1. The molecular formula is C19H27N3O2. The summed E-state index contributed by atoms with van der Waals surface area (Å²) in [6.07, 6.45) is 5.21. The van der Waals surface area contributed by atoms with Crippen molar-refractivity contribution in [3.05, 3.63) is 29.8 Å². The highest BCUT2D eigenvalue weighted by molar-refractivity contribution is 5.96. The quantitative estimate of drug-likeness (QED) is 0.891. The van der Waals surface area contributed by atoms with E-state index >= 15 is 0 Å². The molecule has 0 saturated carbocycles. The van der Waals surface area contributed by atoms with Crippen LogP contribution >= 0.6 is 0 Å². The lowest BCUT2D eigenvalue weighted by Gasteiger charge is -2.37. The van der Waals surface area contributed by atoms with Gasteiger partial charge in [0.2, 0.25) is 11.8 Å². The number of rotatable bonds is 4. The first-order chi connectivity index (χ1) is 11.7. The summed E-state index contributed by atoms with van der Waals surface area (Å²) >= 11 is 0. The maximum absolute atomic E-state index is 12.7. The van der Waals surface area contributed by atoms with E-state index in [9.17, 15) is 9.59 Å². The van der Waals surface area contributed by atoms with Crippen LogP contribution in [0.3, 0.4) is 0 Å². The average Bonchev–Trinajstić information content (AvgIpc) is 2.73. The summed E-state index contributed by atoms with van der Waals surface area (Å²) in [4.78, 5) is 26.8. The van der Waals surface area contributed by atoms with E-state index in [4.69, 9.17) is 0 Å². The first kappa shape index (κ1) is 17.0. The Morgan fingerprint density at radius 2 is 2.17 bits per heavy atom. The molecule has 2 amide bonds. The Kier molecular flexibility index (Phi) is 5.51. The van der Waals surface area contributed by atoms with Crippen LogP contribution in [0.2, 0.25) is 0 Å². The number of aryl methyl sites for hydroxylation is 1. The predicted molar refractivity (Wildman–Crippen MR) is 94.8 cm³/mol.